The molecular weight excluding hydrogens is 495 g/mol. The number of benzene rings is 3. The summed E-state index contributed by atoms with van der Waals surface area (Å²) in [6, 6.07) is 15.3. The second-order valence-corrected chi connectivity index (χ2v) is 8.28. The van der Waals surface area contributed by atoms with E-state index in [-0.39, 0.29) is 28.6 Å². The third-order valence-corrected chi connectivity index (χ3v) is 5.58. The molecule has 178 valence electrons. The summed E-state index contributed by atoms with van der Waals surface area (Å²) in [5.74, 6) is -1.05. The van der Waals surface area contributed by atoms with Gasteiger partial charge in [-0.15, -0.1) is 0 Å². The van der Waals surface area contributed by atoms with Crippen LogP contribution in [-0.4, -0.2) is 30.1 Å². The number of imide groups is 1. The molecule has 4 rings (SSSR count). The zero-order valence-corrected chi connectivity index (χ0v) is 19.8. The summed E-state index contributed by atoms with van der Waals surface area (Å²) in [6.45, 7) is 0.0563. The zero-order valence-electron chi connectivity index (χ0n) is 18.2. The van der Waals surface area contributed by atoms with Crippen LogP contribution in [0.4, 0.5) is 10.5 Å². The molecule has 0 aliphatic carbocycles. The Kier molecular flexibility index (Phi) is 6.95. The van der Waals surface area contributed by atoms with Crippen LogP contribution in [-0.2, 0) is 11.4 Å². The van der Waals surface area contributed by atoms with Crippen molar-refractivity contribution < 1.29 is 29.0 Å². The second kappa shape index (κ2) is 10.1. The lowest BCUT2D eigenvalue weighted by Gasteiger charge is -2.14. The molecule has 3 amide bonds. The molecule has 1 saturated heterocycles. The van der Waals surface area contributed by atoms with Crippen LogP contribution in [0.2, 0.25) is 10.0 Å². The maximum Gasteiger partial charge on any atom is 0.335 e. The van der Waals surface area contributed by atoms with Crippen molar-refractivity contribution in [1.29, 1.82) is 0 Å². The van der Waals surface area contributed by atoms with Crippen LogP contribution in [0.1, 0.15) is 21.5 Å². The normalized spacial score (nSPS) is 14.3. The Morgan fingerprint density at radius 1 is 1.09 bits per heavy atom. The van der Waals surface area contributed by atoms with Crippen LogP contribution in [0.3, 0.4) is 0 Å². The summed E-state index contributed by atoms with van der Waals surface area (Å²) in [7, 11) is 1.43. The van der Waals surface area contributed by atoms with Gasteiger partial charge in [0.1, 0.15) is 12.3 Å². The summed E-state index contributed by atoms with van der Waals surface area (Å²) in [4.78, 5) is 37.5. The molecule has 8 nitrogen and oxygen atoms in total. The number of ether oxygens (including phenoxy) is 2. The highest BCUT2D eigenvalue weighted by molar-refractivity contribution is 6.33. The highest BCUT2D eigenvalue weighted by atomic mass is 35.5. The van der Waals surface area contributed by atoms with Gasteiger partial charge < -0.3 is 19.9 Å². The van der Waals surface area contributed by atoms with Gasteiger partial charge in [0.2, 0.25) is 0 Å². The van der Waals surface area contributed by atoms with Gasteiger partial charge in [-0.2, -0.15) is 0 Å². The van der Waals surface area contributed by atoms with Crippen molar-refractivity contribution in [1.82, 2.24) is 5.32 Å². The minimum atomic E-state index is -1.04. The molecular formula is C25H18Cl2N2O6. The summed E-state index contributed by atoms with van der Waals surface area (Å²) in [6.07, 6.45) is 1.47. The summed E-state index contributed by atoms with van der Waals surface area (Å²) >= 11 is 12.4. The zero-order chi connectivity index (χ0) is 25.1. The predicted molar refractivity (Wildman–Crippen MR) is 131 cm³/mol. The van der Waals surface area contributed by atoms with Crippen molar-refractivity contribution in [2.45, 2.75) is 6.61 Å². The van der Waals surface area contributed by atoms with Gasteiger partial charge in [-0.3, -0.25) is 4.79 Å². The number of amides is 3. The number of nitrogens with zero attached hydrogens (tertiary/aromatic N) is 1. The molecule has 1 fully saturated rings. The first-order valence-corrected chi connectivity index (χ1v) is 11.0. The van der Waals surface area contributed by atoms with E-state index >= 15 is 0 Å². The molecule has 1 aliphatic rings. The molecule has 0 spiro atoms. The summed E-state index contributed by atoms with van der Waals surface area (Å²) in [5.41, 5.74) is 1.65. The lowest BCUT2D eigenvalue weighted by Crippen LogP contribution is -2.30. The van der Waals surface area contributed by atoms with Crippen molar-refractivity contribution in [2.75, 3.05) is 12.0 Å². The van der Waals surface area contributed by atoms with Gasteiger partial charge >= 0.3 is 12.0 Å². The fourth-order valence-corrected chi connectivity index (χ4v) is 3.92. The number of halogens is 2. The van der Waals surface area contributed by atoms with Crippen molar-refractivity contribution in [3.05, 3.63) is 93.1 Å². The van der Waals surface area contributed by atoms with E-state index in [9.17, 15) is 14.4 Å². The minimum Gasteiger partial charge on any atom is -0.493 e. The number of carboxylic acids is 1. The molecule has 10 heteroatoms. The molecule has 0 atom stereocenters. The molecule has 3 aromatic carbocycles. The van der Waals surface area contributed by atoms with E-state index < -0.39 is 17.9 Å². The highest BCUT2D eigenvalue weighted by Gasteiger charge is 2.35. The molecule has 0 bridgehead atoms. The summed E-state index contributed by atoms with van der Waals surface area (Å²) in [5, 5.41) is 12.3. The fraction of sp³-hybridized carbons (Fsp3) is 0.0800. The highest BCUT2D eigenvalue weighted by Crippen LogP contribution is 2.38. The van der Waals surface area contributed by atoms with Crippen LogP contribution in [0.5, 0.6) is 11.5 Å². The number of rotatable bonds is 7. The second-order valence-electron chi connectivity index (χ2n) is 7.44. The third kappa shape index (κ3) is 5.24. The number of aromatic carboxylic acids is 1. The molecule has 1 heterocycles. The molecule has 0 saturated carbocycles. The van der Waals surface area contributed by atoms with Crippen molar-refractivity contribution >= 4 is 52.9 Å². The Morgan fingerprint density at radius 3 is 2.57 bits per heavy atom. The molecule has 2 N–H and O–H groups in total. The van der Waals surface area contributed by atoms with E-state index in [0.29, 0.717) is 27.6 Å². The van der Waals surface area contributed by atoms with Gasteiger partial charge in [0, 0.05) is 5.02 Å². The average Bonchev–Trinajstić information content (AvgIpc) is 3.10. The lowest BCUT2D eigenvalue weighted by atomic mass is 10.1. The monoisotopic (exact) mass is 512 g/mol. The minimum absolute atomic E-state index is 0.0484. The predicted octanol–water partition coefficient (Wildman–Crippen LogP) is 5.38. The Labute approximate surface area is 210 Å². The standard InChI is InChI=1S/C25H18Cl2N2O6/c1-34-21-11-15(9-19(27)22(21)35-13-14-4-2-5-16(8-14)24(31)32)10-20-23(30)29(25(33)28-20)18-7-3-6-17(26)12-18/h2-12H,13H2,1H3,(H,28,33)(H,31,32)/b20-10-. The van der Waals surface area contributed by atoms with E-state index in [1.54, 1.807) is 42.5 Å². The molecule has 35 heavy (non-hydrogen) atoms. The van der Waals surface area contributed by atoms with Gasteiger partial charge in [-0.05, 0) is 59.7 Å². The van der Waals surface area contributed by atoms with Gasteiger partial charge in [-0.25, -0.2) is 14.5 Å². The van der Waals surface area contributed by atoms with Gasteiger partial charge in [0.15, 0.2) is 11.5 Å². The summed E-state index contributed by atoms with van der Waals surface area (Å²) < 4.78 is 11.2. The number of hydrogen-bond acceptors (Lipinski definition) is 5. The van der Waals surface area contributed by atoms with Gasteiger partial charge in [0.05, 0.1) is 23.4 Å². The maximum atomic E-state index is 12.9. The molecule has 1 aliphatic heterocycles. The lowest BCUT2D eigenvalue weighted by molar-refractivity contribution is -0.113. The number of carbonyl (C=O) groups is 3. The van der Waals surface area contributed by atoms with Crippen molar-refractivity contribution in [3.8, 4) is 11.5 Å². The van der Waals surface area contributed by atoms with Crippen LogP contribution >= 0.6 is 23.2 Å². The van der Waals surface area contributed by atoms with Crippen LogP contribution < -0.4 is 19.7 Å². The Morgan fingerprint density at radius 2 is 1.86 bits per heavy atom. The molecule has 0 radical (unpaired) electrons. The Balaban J connectivity index is 1.57. The topological polar surface area (TPSA) is 105 Å². The van der Waals surface area contributed by atoms with Gasteiger partial charge in [-0.1, -0.05) is 41.4 Å². The Bertz CT molecular complexity index is 1370. The number of nitrogens with one attached hydrogen (secondary N) is 1. The van der Waals surface area contributed by atoms with E-state index in [4.69, 9.17) is 37.8 Å². The van der Waals surface area contributed by atoms with E-state index in [0.717, 1.165) is 4.90 Å². The number of anilines is 1. The van der Waals surface area contributed by atoms with Crippen molar-refractivity contribution in [2.24, 2.45) is 0 Å². The molecule has 0 unspecified atom stereocenters. The number of hydrogen-bond donors (Lipinski definition) is 2. The number of urea groups is 1. The third-order valence-electron chi connectivity index (χ3n) is 5.06. The van der Waals surface area contributed by atoms with E-state index in [2.05, 4.69) is 5.32 Å². The number of carboxylic acid groups (broad SMARTS) is 1. The number of carbonyl (C=O) groups excluding carboxylic acids is 2. The van der Waals surface area contributed by atoms with Crippen LogP contribution in [0.25, 0.3) is 6.08 Å². The first kappa shape index (κ1) is 24.1. The van der Waals surface area contributed by atoms with E-state index in [1.807, 2.05) is 0 Å². The quantitative estimate of drug-likeness (QED) is 0.325. The smallest absolute Gasteiger partial charge is 0.335 e. The first-order valence-electron chi connectivity index (χ1n) is 10.2. The molecule has 0 aromatic heterocycles. The average molecular weight is 513 g/mol. The van der Waals surface area contributed by atoms with E-state index in [1.165, 1.54) is 31.4 Å². The van der Waals surface area contributed by atoms with Crippen LogP contribution in [0, 0.1) is 0 Å². The van der Waals surface area contributed by atoms with Gasteiger partial charge in [0.25, 0.3) is 5.91 Å². The molecule has 3 aromatic rings. The fourth-order valence-electron chi connectivity index (χ4n) is 3.46. The Hall–Kier alpha value is -4.01. The SMILES string of the molecule is COc1cc(/C=C2\NC(=O)N(c3cccc(Cl)c3)C2=O)cc(Cl)c1OCc1cccc(C(=O)O)c1. The maximum absolute atomic E-state index is 12.9. The first-order chi connectivity index (χ1) is 16.8. The largest absolute Gasteiger partial charge is 0.493 e. The van der Waals surface area contributed by atoms with Crippen LogP contribution in [0.15, 0.2) is 66.4 Å². The number of methoxy groups -OCH3 is 1. The van der Waals surface area contributed by atoms with Crippen molar-refractivity contribution in [3.63, 3.8) is 0 Å².